The molecule has 0 spiro atoms. The van der Waals surface area contributed by atoms with Gasteiger partial charge in [-0.1, -0.05) is 60.1 Å². The van der Waals surface area contributed by atoms with Gasteiger partial charge in [-0.25, -0.2) is 0 Å². The van der Waals surface area contributed by atoms with Crippen LogP contribution in [0.15, 0.2) is 11.6 Å². The van der Waals surface area contributed by atoms with E-state index in [4.69, 9.17) is 18.9 Å². The summed E-state index contributed by atoms with van der Waals surface area (Å²) >= 11 is 0. The second-order valence-electron chi connectivity index (χ2n) is 20.9. The minimum Gasteiger partial charge on any atom is -0.394 e. The van der Waals surface area contributed by atoms with Crippen molar-refractivity contribution in [1.29, 1.82) is 0 Å². The van der Waals surface area contributed by atoms with Gasteiger partial charge in [0.1, 0.15) is 48.8 Å². The van der Waals surface area contributed by atoms with Crippen molar-refractivity contribution in [1.82, 2.24) is 0 Å². The molecule has 0 radical (unpaired) electrons. The van der Waals surface area contributed by atoms with Crippen LogP contribution in [0.25, 0.3) is 0 Å². The van der Waals surface area contributed by atoms with Gasteiger partial charge in [0.15, 0.2) is 12.6 Å². The van der Waals surface area contributed by atoms with Crippen LogP contribution in [0.4, 0.5) is 0 Å². The number of aliphatic hydroxyl groups excluding tert-OH is 9. The molecule has 13 heteroatoms. The lowest BCUT2D eigenvalue weighted by molar-refractivity contribution is -0.334. The van der Waals surface area contributed by atoms with Crippen molar-refractivity contribution in [3.63, 3.8) is 0 Å². The molecule has 20 unspecified atom stereocenters. The van der Waals surface area contributed by atoms with Gasteiger partial charge < -0.3 is 64.9 Å². The second kappa shape index (κ2) is 14.4. The van der Waals surface area contributed by atoms with E-state index in [0.29, 0.717) is 31.3 Å². The van der Waals surface area contributed by atoms with Crippen molar-refractivity contribution < 1.29 is 64.9 Å². The van der Waals surface area contributed by atoms with Crippen LogP contribution in [0.2, 0.25) is 0 Å². The zero-order valence-electron chi connectivity index (χ0n) is 33.9. The van der Waals surface area contributed by atoms with Crippen molar-refractivity contribution in [2.75, 3.05) is 19.8 Å². The van der Waals surface area contributed by atoms with Crippen LogP contribution >= 0.6 is 0 Å². The number of aliphatic hydroxyl groups is 9. The van der Waals surface area contributed by atoms with E-state index in [2.05, 4.69) is 54.5 Å². The zero-order valence-corrected chi connectivity index (χ0v) is 33.9. The van der Waals surface area contributed by atoms with Crippen molar-refractivity contribution >= 4 is 0 Å². The molecule has 0 aromatic carbocycles. The summed E-state index contributed by atoms with van der Waals surface area (Å²) in [6.45, 7) is 15.4. The van der Waals surface area contributed by atoms with E-state index in [0.717, 1.165) is 44.9 Å². The molecule has 13 nitrogen and oxygen atoms in total. The summed E-state index contributed by atoms with van der Waals surface area (Å²) in [6.07, 6.45) is -3.81. The number of hydrogen-bond acceptors (Lipinski definition) is 13. The molecule has 7 rings (SSSR count). The Bertz CT molecular complexity index is 1440. The van der Waals surface area contributed by atoms with Crippen LogP contribution in [0.3, 0.4) is 0 Å². The SMILES string of the molecule is CC1(COC2OC(CO)C(O)C(O)C2O)CCC2(C)CCC3(C)C(=CCC4C5(C)CCC(OC6OC(CO)C(O)C(O)C6O)C(C)(C)C5C(O)CC43C)C2C1. The van der Waals surface area contributed by atoms with Gasteiger partial charge in [-0.15, -0.1) is 0 Å². The first-order valence-corrected chi connectivity index (χ1v) is 20.9. The van der Waals surface area contributed by atoms with E-state index in [9.17, 15) is 46.0 Å². The Morgan fingerprint density at radius 3 is 1.89 bits per heavy atom. The molecule has 2 aliphatic heterocycles. The summed E-state index contributed by atoms with van der Waals surface area (Å²) < 4.78 is 24.1. The van der Waals surface area contributed by atoms with Crippen molar-refractivity contribution in [2.24, 2.45) is 50.2 Å². The number of ether oxygens (including phenoxy) is 4. The van der Waals surface area contributed by atoms with Crippen molar-refractivity contribution in [2.45, 2.75) is 180 Å². The molecule has 2 saturated heterocycles. The minimum absolute atomic E-state index is 0.110. The number of hydrogen-bond donors (Lipinski definition) is 9. The van der Waals surface area contributed by atoms with Gasteiger partial charge in [0.25, 0.3) is 0 Å². The van der Waals surface area contributed by atoms with Gasteiger partial charge >= 0.3 is 0 Å². The average Bonchev–Trinajstić information content (AvgIpc) is 3.12. The van der Waals surface area contributed by atoms with Crippen molar-refractivity contribution in [3.05, 3.63) is 11.6 Å². The average molecular weight is 783 g/mol. The van der Waals surface area contributed by atoms with Crippen LogP contribution in [0.5, 0.6) is 0 Å². The summed E-state index contributed by atoms with van der Waals surface area (Å²) in [4.78, 5) is 0. The molecule has 316 valence electrons. The van der Waals surface area contributed by atoms with Crippen LogP contribution in [-0.4, -0.2) is 139 Å². The standard InChI is InChI=1S/C42H70O13/c1-37(2)27(55-36-33(51)31(49)29(47)25(19-44)54-36)10-11-40(5)26-9-8-21-22-16-38(3,20-52-35-32(50)30(48)28(46)24(18-43)53-35)12-13-39(22,4)14-15-41(21,6)42(26,7)17-23(45)34(37)40/h8,22-36,43-51H,9-20H2,1-7H3. The minimum atomic E-state index is -1.52. The van der Waals surface area contributed by atoms with E-state index in [1.807, 2.05) is 0 Å². The number of allylic oxidation sites excluding steroid dienone is 2. The molecule has 5 aliphatic carbocycles. The van der Waals surface area contributed by atoms with Crippen LogP contribution < -0.4 is 0 Å². The van der Waals surface area contributed by atoms with E-state index >= 15 is 0 Å². The van der Waals surface area contributed by atoms with Gasteiger partial charge in [0, 0.05) is 0 Å². The summed E-state index contributed by atoms with van der Waals surface area (Å²) in [7, 11) is 0. The van der Waals surface area contributed by atoms with Gasteiger partial charge in [0.2, 0.25) is 0 Å². The first kappa shape index (κ1) is 42.3. The van der Waals surface area contributed by atoms with E-state index in [-0.39, 0.29) is 33.0 Å². The number of fused-ring (bicyclic) bond motifs is 7. The highest BCUT2D eigenvalue weighted by Crippen LogP contribution is 2.76. The Morgan fingerprint density at radius 2 is 1.27 bits per heavy atom. The lowest BCUT2D eigenvalue weighted by Gasteiger charge is -2.72. The Labute approximate surface area is 326 Å². The predicted octanol–water partition coefficient (Wildman–Crippen LogP) is 1.76. The van der Waals surface area contributed by atoms with Crippen LogP contribution in [0, 0.1) is 50.2 Å². The zero-order chi connectivity index (χ0) is 40.3. The highest BCUT2D eigenvalue weighted by molar-refractivity contribution is 5.34. The smallest absolute Gasteiger partial charge is 0.186 e. The van der Waals surface area contributed by atoms with Gasteiger partial charge in [0.05, 0.1) is 32.0 Å². The highest BCUT2D eigenvalue weighted by Gasteiger charge is 2.70. The highest BCUT2D eigenvalue weighted by atomic mass is 16.7. The molecule has 4 saturated carbocycles. The fraction of sp³-hybridized carbons (Fsp3) is 0.952. The molecule has 0 bridgehead atoms. The summed E-state index contributed by atoms with van der Waals surface area (Å²) in [6, 6.07) is 0. The third-order valence-corrected chi connectivity index (χ3v) is 17.3. The normalized spacial score (nSPS) is 56.4. The summed E-state index contributed by atoms with van der Waals surface area (Å²) in [5.74, 6) is 0.470. The Morgan fingerprint density at radius 1 is 0.691 bits per heavy atom. The maximum Gasteiger partial charge on any atom is 0.186 e. The molecule has 2 heterocycles. The number of rotatable bonds is 7. The third kappa shape index (κ3) is 6.44. The molecule has 0 aromatic rings. The predicted molar refractivity (Wildman–Crippen MR) is 199 cm³/mol. The van der Waals surface area contributed by atoms with Crippen molar-refractivity contribution in [3.8, 4) is 0 Å². The molecular weight excluding hydrogens is 712 g/mol. The quantitative estimate of drug-likeness (QED) is 0.133. The molecular formula is C42H70O13. The lowest BCUT2D eigenvalue weighted by atomic mass is 9.33. The third-order valence-electron chi connectivity index (χ3n) is 17.3. The lowest BCUT2D eigenvalue weighted by Crippen LogP contribution is -2.68. The van der Waals surface area contributed by atoms with Crippen LogP contribution in [-0.2, 0) is 18.9 Å². The van der Waals surface area contributed by atoms with E-state index < -0.39 is 92.2 Å². The Hall–Kier alpha value is -0.780. The van der Waals surface area contributed by atoms with E-state index in [1.54, 1.807) is 0 Å². The fourth-order valence-corrected chi connectivity index (χ4v) is 13.8. The first-order chi connectivity index (χ1) is 25.6. The molecule has 0 amide bonds. The van der Waals surface area contributed by atoms with E-state index in [1.165, 1.54) is 5.57 Å². The summed E-state index contributed by atoms with van der Waals surface area (Å²) in [5, 5.41) is 94.8. The monoisotopic (exact) mass is 782 g/mol. The summed E-state index contributed by atoms with van der Waals surface area (Å²) in [5.41, 5.74) is 0.257. The first-order valence-electron chi connectivity index (χ1n) is 20.9. The molecule has 0 aromatic heterocycles. The molecule has 7 aliphatic rings. The Balaban J connectivity index is 1.12. The fourth-order valence-electron chi connectivity index (χ4n) is 13.8. The molecule has 55 heavy (non-hydrogen) atoms. The van der Waals surface area contributed by atoms with Gasteiger partial charge in [-0.3, -0.25) is 0 Å². The second-order valence-corrected chi connectivity index (χ2v) is 20.9. The van der Waals surface area contributed by atoms with Crippen LogP contribution in [0.1, 0.15) is 106 Å². The maximum atomic E-state index is 12.4. The molecule has 20 atom stereocenters. The molecule has 9 N–H and O–H groups in total. The van der Waals surface area contributed by atoms with Gasteiger partial charge in [-0.2, -0.15) is 0 Å². The van der Waals surface area contributed by atoms with Gasteiger partial charge in [-0.05, 0) is 108 Å². The Kier molecular flexibility index (Phi) is 11.1. The maximum absolute atomic E-state index is 12.4. The topological polar surface area (TPSA) is 219 Å². The largest absolute Gasteiger partial charge is 0.394 e. The molecule has 6 fully saturated rings.